The molecule has 1 amide bonds. The lowest BCUT2D eigenvalue weighted by atomic mass is 10.3. The molecule has 3 aromatic heterocycles. The molecule has 1 N–H and O–H groups in total. The highest BCUT2D eigenvalue weighted by atomic mass is 32.2. The zero-order chi connectivity index (χ0) is 22.1. The molecule has 0 spiro atoms. The fourth-order valence-corrected chi connectivity index (χ4v) is 6.78. The summed E-state index contributed by atoms with van der Waals surface area (Å²) in [6, 6.07) is 14.7. The third-order valence-corrected chi connectivity index (χ3v) is 8.81. The van der Waals surface area contributed by atoms with Gasteiger partial charge in [-0.15, -0.1) is 11.3 Å². The zero-order valence-electron chi connectivity index (χ0n) is 17.1. The van der Waals surface area contributed by atoms with Gasteiger partial charge in [-0.3, -0.25) is 9.36 Å². The van der Waals surface area contributed by atoms with E-state index in [1.807, 2.05) is 34.9 Å². The lowest BCUT2D eigenvalue weighted by Crippen LogP contribution is -2.27. The number of anilines is 1. The van der Waals surface area contributed by atoms with Gasteiger partial charge in [0.2, 0.25) is 5.91 Å². The number of carbonyl (C=O) groups is 1. The number of amides is 1. The van der Waals surface area contributed by atoms with Crippen LogP contribution in [-0.2, 0) is 21.2 Å². The molecular weight excluding hydrogens is 446 g/mol. The van der Waals surface area contributed by atoms with E-state index in [1.54, 1.807) is 30.7 Å². The lowest BCUT2D eigenvalue weighted by molar-refractivity contribution is -0.115. The van der Waals surface area contributed by atoms with Crippen molar-refractivity contribution >= 4 is 44.0 Å². The number of hydrogen-bond donors (Lipinski definition) is 1. The van der Waals surface area contributed by atoms with Crippen LogP contribution >= 0.6 is 11.3 Å². The van der Waals surface area contributed by atoms with Crippen LogP contribution in [0.3, 0.4) is 0 Å². The van der Waals surface area contributed by atoms with Crippen molar-refractivity contribution in [1.29, 1.82) is 0 Å². The number of nitrogens with one attached hydrogen (secondary N) is 1. The summed E-state index contributed by atoms with van der Waals surface area (Å²) in [7, 11) is -3.45. The number of thiophene rings is 1. The molecule has 0 saturated carbocycles. The number of benzene rings is 1. The SMILES string of the molecule is O=C(Cc1ccc(S(=O)(=O)N2CCCC2)s1)Nc1ccc(-n2cnc3ccccc32)nc1. The number of imidazole rings is 1. The number of carbonyl (C=O) groups excluding carboxylic acids is 1. The highest BCUT2D eigenvalue weighted by Crippen LogP contribution is 2.28. The summed E-state index contributed by atoms with van der Waals surface area (Å²) < 4.78 is 29.0. The van der Waals surface area contributed by atoms with E-state index in [-0.39, 0.29) is 12.3 Å². The van der Waals surface area contributed by atoms with E-state index in [0.29, 0.717) is 33.7 Å². The lowest BCUT2D eigenvalue weighted by Gasteiger charge is -2.13. The topological polar surface area (TPSA) is 97.2 Å². The van der Waals surface area contributed by atoms with Gasteiger partial charge < -0.3 is 5.32 Å². The summed E-state index contributed by atoms with van der Waals surface area (Å²) in [5.74, 6) is 0.478. The van der Waals surface area contributed by atoms with Gasteiger partial charge in [-0.25, -0.2) is 18.4 Å². The molecule has 1 fully saturated rings. The number of fused-ring (bicyclic) bond motifs is 1. The summed E-state index contributed by atoms with van der Waals surface area (Å²) in [4.78, 5) is 22.0. The van der Waals surface area contributed by atoms with Gasteiger partial charge in [0.05, 0.1) is 29.3 Å². The Balaban J connectivity index is 1.24. The minimum Gasteiger partial charge on any atom is -0.324 e. The molecule has 0 aliphatic carbocycles. The van der Waals surface area contributed by atoms with Crippen LogP contribution in [0.25, 0.3) is 16.9 Å². The van der Waals surface area contributed by atoms with Crippen molar-refractivity contribution in [3.63, 3.8) is 0 Å². The van der Waals surface area contributed by atoms with Gasteiger partial charge in [0.15, 0.2) is 0 Å². The van der Waals surface area contributed by atoms with Gasteiger partial charge in [-0.05, 0) is 49.2 Å². The molecule has 0 radical (unpaired) electrons. The van der Waals surface area contributed by atoms with Crippen LogP contribution in [0.4, 0.5) is 5.69 Å². The van der Waals surface area contributed by atoms with Crippen LogP contribution in [0.1, 0.15) is 17.7 Å². The first-order valence-corrected chi connectivity index (χ1v) is 12.5. The highest BCUT2D eigenvalue weighted by molar-refractivity contribution is 7.91. The van der Waals surface area contributed by atoms with E-state index in [4.69, 9.17) is 0 Å². The monoisotopic (exact) mass is 467 g/mol. The van der Waals surface area contributed by atoms with Gasteiger partial charge in [0, 0.05) is 18.0 Å². The van der Waals surface area contributed by atoms with Crippen LogP contribution in [0.5, 0.6) is 0 Å². The molecule has 4 heterocycles. The first-order valence-electron chi connectivity index (χ1n) is 10.3. The molecule has 1 saturated heterocycles. The molecule has 1 aliphatic rings. The van der Waals surface area contributed by atoms with Crippen molar-refractivity contribution in [2.75, 3.05) is 18.4 Å². The quantitative estimate of drug-likeness (QED) is 0.468. The van der Waals surface area contributed by atoms with E-state index in [0.717, 1.165) is 35.2 Å². The Morgan fingerprint density at radius 1 is 1.03 bits per heavy atom. The second kappa shape index (κ2) is 8.45. The molecule has 0 bridgehead atoms. The third-order valence-electron chi connectivity index (χ3n) is 5.36. The smallest absolute Gasteiger partial charge is 0.252 e. The number of aromatic nitrogens is 3. The second-order valence-electron chi connectivity index (χ2n) is 7.57. The van der Waals surface area contributed by atoms with Crippen molar-refractivity contribution in [2.45, 2.75) is 23.5 Å². The van der Waals surface area contributed by atoms with E-state index in [1.165, 1.54) is 4.31 Å². The summed E-state index contributed by atoms with van der Waals surface area (Å²) in [6.07, 6.45) is 5.21. The van der Waals surface area contributed by atoms with Crippen molar-refractivity contribution in [3.8, 4) is 5.82 Å². The van der Waals surface area contributed by atoms with Gasteiger partial charge in [0.1, 0.15) is 16.4 Å². The fraction of sp³-hybridized carbons (Fsp3) is 0.227. The zero-order valence-corrected chi connectivity index (χ0v) is 18.8. The van der Waals surface area contributed by atoms with Crippen molar-refractivity contribution in [3.05, 3.63) is 65.9 Å². The first kappa shape index (κ1) is 20.8. The molecule has 8 nitrogen and oxygen atoms in total. The van der Waals surface area contributed by atoms with Crippen LogP contribution in [-0.4, -0.2) is 46.3 Å². The largest absolute Gasteiger partial charge is 0.324 e. The third kappa shape index (κ3) is 4.04. The maximum absolute atomic E-state index is 12.7. The Hall–Kier alpha value is -3.08. The summed E-state index contributed by atoms with van der Waals surface area (Å²) in [5.41, 5.74) is 2.41. The summed E-state index contributed by atoms with van der Waals surface area (Å²) in [6.45, 7) is 1.13. The van der Waals surface area contributed by atoms with E-state index < -0.39 is 10.0 Å². The minimum atomic E-state index is -3.45. The van der Waals surface area contributed by atoms with Crippen molar-refractivity contribution < 1.29 is 13.2 Å². The first-order chi connectivity index (χ1) is 15.5. The fourth-order valence-electron chi connectivity index (χ4n) is 3.76. The number of rotatable bonds is 6. The second-order valence-corrected chi connectivity index (χ2v) is 10.9. The molecule has 1 aliphatic heterocycles. The van der Waals surface area contributed by atoms with Gasteiger partial charge in [-0.2, -0.15) is 4.31 Å². The Labute approximate surface area is 189 Å². The van der Waals surface area contributed by atoms with Crippen molar-refractivity contribution in [1.82, 2.24) is 18.8 Å². The molecule has 10 heteroatoms. The Kier molecular flexibility index (Phi) is 5.50. The maximum atomic E-state index is 12.7. The normalized spacial score (nSPS) is 14.8. The highest BCUT2D eigenvalue weighted by Gasteiger charge is 2.28. The molecule has 4 aromatic rings. The Bertz CT molecular complexity index is 1370. The predicted octanol–water partition coefficient (Wildman–Crippen LogP) is 3.45. The molecule has 32 heavy (non-hydrogen) atoms. The molecule has 5 rings (SSSR count). The molecule has 164 valence electrons. The maximum Gasteiger partial charge on any atom is 0.252 e. The van der Waals surface area contributed by atoms with E-state index in [2.05, 4.69) is 15.3 Å². The number of sulfonamides is 1. The van der Waals surface area contributed by atoms with Gasteiger partial charge in [0.25, 0.3) is 10.0 Å². The summed E-state index contributed by atoms with van der Waals surface area (Å²) >= 11 is 1.15. The number of hydrogen-bond acceptors (Lipinski definition) is 6. The molecular formula is C22H21N5O3S2. The summed E-state index contributed by atoms with van der Waals surface area (Å²) in [5, 5.41) is 2.82. The van der Waals surface area contributed by atoms with Crippen LogP contribution < -0.4 is 5.32 Å². The number of pyridine rings is 1. The molecule has 0 unspecified atom stereocenters. The van der Waals surface area contributed by atoms with E-state index >= 15 is 0 Å². The average molecular weight is 468 g/mol. The van der Waals surface area contributed by atoms with Gasteiger partial charge in [-0.1, -0.05) is 12.1 Å². The molecule has 0 atom stereocenters. The number of nitrogens with zero attached hydrogens (tertiary/aromatic N) is 4. The Morgan fingerprint density at radius 2 is 1.84 bits per heavy atom. The van der Waals surface area contributed by atoms with Crippen LogP contribution in [0.15, 0.2) is 65.3 Å². The minimum absolute atomic E-state index is 0.105. The van der Waals surface area contributed by atoms with E-state index in [9.17, 15) is 13.2 Å². The molecule has 1 aromatic carbocycles. The predicted molar refractivity (Wildman–Crippen MR) is 124 cm³/mol. The van der Waals surface area contributed by atoms with Crippen molar-refractivity contribution in [2.24, 2.45) is 0 Å². The van der Waals surface area contributed by atoms with Crippen LogP contribution in [0.2, 0.25) is 0 Å². The van der Waals surface area contributed by atoms with Crippen LogP contribution in [0, 0.1) is 0 Å². The van der Waals surface area contributed by atoms with Gasteiger partial charge >= 0.3 is 0 Å². The standard InChI is InChI=1S/C22H21N5O3S2/c28-21(13-17-8-10-22(31-17)32(29,30)26-11-3-4-12-26)25-16-7-9-20(23-14-16)27-15-24-18-5-1-2-6-19(18)27/h1-2,5-10,14-15H,3-4,11-13H2,(H,25,28). The number of para-hydroxylation sites is 2. The average Bonchev–Trinajstić information content (AvgIpc) is 3.55. The Morgan fingerprint density at radius 3 is 2.62 bits per heavy atom.